The van der Waals surface area contributed by atoms with Crippen LogP contribution < -0.4 is 25.0 Å². The SMILES string of the molecule is CCCCCCCNC(=O)NS(=O)(=O)c1ccc(OC)c(NC(=O)C(C(=O)N2CCc3ccccc32)N2C(=O)OC(C)(C)C2=O)c1. The predicted octanol–water partition coefficient (Wildman–Crippen LogP) is 3.31. The minimum atomic E-state index is -4.41. The molecule has 0 saturated carbocycles. The van der Waals surface area contributed by atoms with Crippen LogP contribution in [0.25, 0.3) is 0 Å². The zero-order valence-corrected chi connectivity index (χ0v) is 27.1. The van der Waals surface area contributed by atoms with Gasteiger partial charge in [-0.25, -0.2) is 27.6 Å². The number of unbranched alkanes of at least 4 members (excludes halogenated alkanes) is 4. The first kappa shape index (κ1) is 34.2. The normalized spacial score (nSPS) is 16.0. The van der Waals surface area contributed by atoms with Gasteiger partial charge in [-0.2, -0.15) is 0 Å². The van der Waals surface area contributed by atoms with Gasteiger partial charge in [0.05, 0.1) is 17.7 Å². The van der Waals surface area contributed by atoms with Gasteiger partial charge < -0.3 is 25.0 Å². The molecular formula is C31H39N5O9S. The third-order valence-corrected chi connectivity index (χ3v) is 9.03. The molecular weight excluding hydrogens is 618 g/mol. The first-order valence-corrected chi connectivity index (χ1v) is 16.5. The Hall–Kier alpha value is -4.66. The van der Waals surface area contributed by atoms with E-state index in [4.69, 9.17) is 9.47 Å². The third kappa shape index (κ3) is 7.41. The fourth-order valence-corrected chi connectivity index (χ4v) is 6.22. The molecule has 2 aromatic rings. The van der Waals surface area contributed by atoms with E-state index in [1.165, 1.54) is 38.0 Å². The van der Waals surface area contributed by atoms with Gasteiger partial charge >= 0.3 is 12.1 Å². The molecule has 0 spiro atoms. The molecule has 0 aromatic heterocycles. The van der Waals surface area contributed by atoms with Crippen LogP contribution in [0.2, 0.25) is 0 Å². The molecule has 4 rings (SSSR count). The number of amides is 6. The van der Waals surface area contributed by atoms with Gasteiger partial charge in [0, 0.05) is 18.8 Å². The van der Waals surface area contributed by atoms with Crippen molar-refractivity contribution in [3.8, 4) is 5.75 Å². The van der Waals surface area contributed by atoms with E-state index in [1.54, 1.807) is 18.2 Å². The van der Waals surface area contributed by atoms with Crippen molar-refractivity contribution in [2.24, 2.45) is 0 Å². The number of imide groups is 1. The maximum atomic E-state index is 14.0. The molecule has 3 N–H and O–H groups in total. The number of rotatable bonds is 13. The summed E-state index contributed by atoms with van der Waals surface area (Å²) < 4.78 is 38.5. The summed E-state index contributed by atoms with van der Waals surface area (Å²) >= 11 is 0. The second-order valence-electron chi connectivity index (χ2n) is 11.5. The van der Waals surface area contributed by atoms with Crippen molar-refractivity contribution >= 4 is 51.2 Å². The third-order valence-electron chi connectivity index (χ3n) is 7.70. The Kier molecular flexibility index (Phi) is 10.6. The lowest BCUT2D eigenvalue weighted by molar-refractivity contribution is -0.143. The number of ether oxygens (including phenoxy) is 2. The lowest BCUT2D eigenvalue weighted by Crippen LogP contribution is -2.57. The maximum Gasteiger partial charge on any atom is 0.418 e. The summed E-state index contributed by atoms with van der Waals surface area (Å²) in [7, 11) is -3.13. The Labute approximate surface area is 267 Å². The molecule has 0 radical (unpaired) electrons. The number of benzene rings is 2. The van der Waals surface area contributed by atoms with Gasteiger partial charge in [-0.3, -0.25) is 14.4 Å². The van der Waals surface area contributed by atoms with Gasteiger partial charge in [-0.15, -0.1) is 0 Å². The molecule has 0 bridgehead atoms. The Morgan fingerprint density at radius 3 is 2.43 bits per heavy atom. The van der Waals surface area contributed by atoms with E-state index in [0.29, 0.717) is 30.0 Å². The quantitative estimate of drug-likeness (QED) is 0.215. The van der Waals surface area contributed by atoms with E-state index < -0.39 is 56.4 Å². The van der Waals surface area contributed by atoms with E-state index in [-0.39, 0.29) is 18.0 Å². The van der Waals surface area contributed by atoms with Crippen LogP contribution in [0.5, 0.6) is 5.75 Å². The van der Waals surface area contributed by atoms with Gasteiger partial charge in [-0.05, 0) is 56.5 Å². The molecule has 1 atom stereocenters. The van der Waals surface area contributed by atoms with Gasteiger partial charge in [0.2, 0.25) is 6.04 Å². The van der Waals surface area contributed by atoms with Crippen molar-refractivity contribution in [2.45, 2.75) is 75.8 Å². The largest absolute Gasteiger partial charge is 0.495 e. The lowest BCUT2D eigenvalue weighted by Gasteiger charge is -2.28. The smallest absolute Gasteiger partial charge is 0.418 e. The number of anilines is 2. The zero-order valence-electron chi connectivity index (χ0n) is 26.3. The first-order valence-electron chi connectivity index (χ1n) is 15.1. The second kappa shape index (κ2) is 14.2. The van der Waals surface area contributed by atoms with Crippen LogP contribution in [0.3, 0.4) is 0 Å². The topological polar surface area (TPSA) is 181 Å². The number of carbonyl (C=O) groups is 5. The summed E-state index contributed by atoms with van der Waals surface area (Å²) in [5, 5.41) is 4.97. The van der Waals surface area contributed by atoms with Gasteiger partial charge in [0.1, 0.15) is 5.75 Å². The minimum Gasteiger partial charge on any atom is -0.495 e. The lowest BCUT2D eigenvalue weighted by atomic mass is 10.1. The number of carbonyl (C=O) groups excluding carboxylic acids is 5. The number of hydrogen-bond acceptors (Lipinski definition) is 9. The monoisotopic (exact) mass is 657 g/mol. The molecule has 15 heteroatoms. The molecule has 2 aliphatic heterocycles. The molecule has 2 aliphatic rings. The summed E-state index contributed by atoms with van der Waals surface area (Å²) in [6.45, 7) is 5.26. The number of hydrogen-bond donors (Lipinski definition) is 3. The van der Waals surface area contributed by atoms with Crippen LogP contribution in [-0.2, 0) is 35.6 Å². The van der Waals surface area contributed by atoms with E-state index in [9.17, 15) is 32.4 Å². The van der Waals surface area contributed by atoms with Crippen LogP contribution in [-0.4, -0.2) is 75.0 Å². The fourth-order valence-electron chi connectivity index (χ4n) is 5.26. The summed E-state index contributed by atoms with van der Waals surface area (Å²) in [6, 6.07) is 7.59. The van der Waals surface area contributed by atoms with Crippen LogP contribution in [0.1, 0.15) is 58.4 Å². The van der Waals surface area contributed by atoms with Crippen LogP contribution in [0.4, 0.5) is 21.0 Å². The second-order valence-corrected chi connectivity index (χ2v) is 13.1. The molecule has 14 nitrogen and oxygen atoms in total. The Morgan fingerprint density at radius 2 is 1.76 bits per heavy atom. The van der Waals surface area contributed by atoms with Crippen LogP contribution >= 0.6 is 0 Å². The predicted molar refractivity (Wildman–Crippen MR) is 168 cm³/mol. The Balaban J connectivity index is 1.59. The average molecular weight is 658 g/mol. The highest BCUT2D eigenvalue weighted by atomic mass is 32.2. The Bertz CT molecular complexity index is 1630. The molecule has 1 unspecified atom stereocenters. The van der Waals surface area contributed by atoms with Gasteiger partial charge in [0.15, 0.2) is 5.60 Å². The molecule has 248 valence electrons. The number of cyclic esters (lactones) is 1. The van der Waals surface area contributed by atoms with Crippen molar-refractivity contribution in [2.75, 3.05) is 30.4 Å². The summed E-state index contributed by atoms with van der Waals surface area (Å²) in [6.07, 6.45) is 4.07. The van der Waals surface area contributed by atoms with Crippen molar-refractivity contribution in [1.29, 1.82) is 0 Å². The standard InChI is InChI=1S/C31H39N5O9S/c1-5-6-7-8-11-17-32-29(40)34-46(42,43)21-14-15-24(44-4)22(19-21)33-26(37)25(36-28(39)31(2,3)45-30(36)41)27(38)35-18-16-20-12-9-10-13-23(20)35/h9-10,12-15,19,25H,5-8,11,16-18H2,1-4H3,(H,33,37)(H2,32,34,40). The molecule has 1 saturated heterocycles. The van der Waals surface area contributed by atoms with E-state index in [0.717, 1.165) is 37.3 Å². The van der Waals surface area contributed by atoms with Crippen molar-refractivity contribution in [3.05, 3.63) is 48.0 Å². The number of sulfonamides is 1. The fraction of sp³-hybridized carbons (Fsp3) is 0.452. The molecule has 1 fully saturated rings. The van der Waals surface area contributed by atoms with E-state index in [2.05, 4.69) is 17.6 Å². The van der Waals surface area contributed by atoms with Crippen LogP contribution in [0, 0.1) is 0 Å². The summed E-state index contributed by atoms with van der Waals surface area (Å²) in [4.78, 5) is 67.7. The number of fused-ring (bicyclic) bond motifs is 1. The Morgan fingerprint density at radius 1 is 1.04 bits per heavy atom. The number of methoxy groups -OCH3 is 1. The van der Waals surface area contributed by atoms with E-state index >= 15 is 0 Å². The highest BCUT2D eigenvalue weighted by molar-refractivity contribution is 7.90. The highest BCUT2D eigenvalue weighted by Gasteiger charge is 2.55. The van der Waals surface area contributed by atoms with Crippen LogP contribution in [0.15, 0.2) is 47.4 Å². The van der Waals surface area contributed by atoms with Crippen molar-refractivity contribution in [1.82, 2.24) is 14.9 Å². The molecule has 6 amide bonds. The first-order chi connectivity index (χ1) is 21.8. The number of urea groups is 1. The number of para-hydroxylation sites is 1. The highest BCUT2D eigenvalue weighted by Crippen LogP contribution is 2.33. The minimum absolute atomic E-state index is 0.0113. The molecule has 0 aliphatic carbocycles. The molecule has 46 heavy (non-hydrogen) atoms. The molecule has 2 aromatic carbocycles. The zero-order chi connectivity index (χ0) is 33.6. The van der Waals surface area contributed by atoms with E-state index in [1.807, 2.05) is 10.8 Å². The number of nitrogens with one attached hydrogen (secondary N) is 3. The van der Waals surface area contributed by atoms with Gasteiger partial charge in [0.25, 0.3) is 27.7 Å². The summed E-state index contributed by atoms with van der Waals surface area (Å²) in [5.74, 6) is -2.86. The summed E-state index contributed by atoms with van der Waals surface area (Å²) in [5.41, 5.74) is -0.448. The average Bonchev–Trinajstić information content (AvgIpc) is 3.52. The molecule has 2 heterocycles. The van der Waals surface area contributed by atoms with Gasteiger partial charge in [-0.1, -0.05) is 50.8 Å². The van der Waals surface area contributed by atoms with Crippen molar-refractivity contribution < 1.29 is 41.9 Å². The maximum absolute atomic E-state index is 14.0. The van der Waals surface area contributed by atoms with Crippen molar-refractivity contribution in [3.63, 3.8) is 0 Å². The number of nitrogens with zero attached hydrogens (tertiary/aromatic N) is 2.